The molecule has 0 radical (unpaired) electrons. The first kappa shape index (κ1) is 26.2. The van der Waals surface area contributed by atoms with Crippen LogP contribution in [0.1, 0.15) is 35.4 Å². The Morgan fingerprint density at radius 1 is 1.17 bits per heavy atom. The maximum atomic E-state index is 14.3. The van der Waals surface area contributed by atoms with Gasteiger partial charge in [0.05, 0.1) is 36.7 Å². The Kier molecular flexibility index (Phi) is 7.53. The normalized spacial score (nSPS) is 12.9. The third-order valence-electron chi connectivity index (χ3n) is 5.20. The standard InChI is InChI=1S/C23H23F4N3O4S/c1-14(15-7-8-16(20(24)9-15)13-35(3,32)33)22(31)28-12-18-11-21(23(25,26)27)29-30(18)17-5-4-6-19(10-17)34-2/h4-11,14H,12-13H2,1-3H3,(H,28,31). The summed E-state index contributed by atoms with van der Waals surface area (Å²) >= 11 is 0. The number of methoxy groups -OCH3 is 1. The molecule has 1 aromatic heterocycles. The molecule has 12 heteroatoms. The van der Waals surface area contributed by atoms with Crippen molar-refractivity contribution in [3.8, 4) is 11.4 Å². The van der Waals surface area contributed by atoms with E-state index in [0.29, 0.717) is 11.4 Å². The molecule has 7 nitrogen and oxygen atoms in total. The van der Waals surface area contributed by atoms with Crippen LogP contribution in [0, 0.1) is 5.82 Å². The third kappa shape index (κ3) is 6.59. The smallest absolute Gasteiger partial charge is 0.435 e. The minimum atomic E-state index is -4.69. The third-order valence-corrected chi connectivity index (χ3v) is 6.04. The van der Waals surface area contributed by atoms with Gasteiger partial charge in [-0.25, -0.2) is 17.5 Å². The van der Waals surface area contributed by atoms with Crippen LogP contribution in [0.25, 0.3) is 5.69 Å². The molecule has 0 saturated heterocycles. The molecule has 0 bridgehead atoms. The number of nitrogens with zero attached hydrogens (tertiary/aromatic N) is 2. The zero-order valence-electron chi connectivity index (χ0n) is 19.1. The maximum Gasteiger partial charge on any atom is 0.435 e. The number of halogens is 4. The van der Waals surface area contributed by atoms with Crippen LogP contribution in [-0.4, -0.2) is 37.5 Å². The predicted octanol–water partition coefficient (Wildman–Crippen LogP) is 4.00. The van der Waals surface area contributed by atoms with Gasteiger partial charge in [-0.05, 0) is 36.8 Å². The number of aromatic nitrogens is 2. The van der Waals surface area contributed by atoms with Gasteiger partial charge in [-0.1, -0.05) is 18.2 Å². The molecule has 3 aromatic rings. The minimum Gasteiger partial charge on any atom is -0.497 e. The number of sulfone groups is 1. The molecule has 0 spiro atoms. The molecular formula is C23H23F4N3O4S. The molecular weight excluding hydrogens is 490 g/mol. The Balaban J connectivity index is 1.81. The van der Waals surface area contributed by atoms with Gasteiger partial charge in [0.1, 0.15) is 11.6 Å². The van der Waals surface area contributed by atoms with E-state index in [-0.39, 0.29) is 23.4 Å². The van der Waals surface area contributed by atoms with E-state index in [1.54, 1.807) is 18.2 Å². The molecule has 2 aromatic carbocycles. The molecule has 0 fully saturated rings. The molecule has 0 aliphatic heterocycles. The molecule has 188 valence electrons. The van der Waals surface area contributed by atoms with Crippen molar-refractivity contribution in [2.45, 2.75) is 31.3 Å². The monoisotopic (exact) mass is 513 g/mol. The van der Waals surface area contributed by atoms with E-state index in [2.05, 4.69) is 10.4 Å². The largest absolute Gasteiger partial charge is 0.497 e. The van der Waals surface area contributed by atoms with Crippen LogP contribution in [0.5, 0.6) is 5.75 Å². The minimum absolute atomic E-state index is 0.0225. The summed E-state index contributed by atoms with van der Waals surface area (Å²) in [5, 5.41) is 6.20. The highest BCUT2D eigenvalue weighted by atomic mass is 32.2. The van der Waals surface area contributed by atoms with Crippen LogP contribution < -0.4 is 10.1 Å². The van der Waals surface area contributed by atoms with Gasteiger partial charge < -0.3 is 10.1 Å². The van der Waals surface area contributed by atoms with Crippen LogP contribution in [0.3, 0.4) is 0 Å². The molecule has 0 aliphatic carbocycles. The van der Waals surface area contributed by atoms with Crippen molar-refractivity contribution in [3.05, 3.63) is 76.9 Å². The van der Waals surface area contributed by atoms with Crippen molar-refractivity contribution in [3.63, 3.8) is 0 Å². The summed E-state index contributed by atoms with van der Waals surface area (Å²) in [4.78, 5) is 12.7. The number of rotatable bonds is 8. The molecule has 0 aliphatic rings. The van der Waals surface area contributed by atoms with E-state index in [9.17, 15) is 30.8 Å². The highest BCUT2D eigenvalue weighted by Crippen LogP contribution is 2.30. The number of amides is 1. The van der Waals surface area contributed by atoms with E-state index in [0.717, 1.165) is 23.1 Å². The number of hydrogen-bond donors (Lipinski definition) is 1. The lowest BCUT2D eigenvalue weighted by Gasteiger charge is -2.15. The Morgan fingerprint density at radius 3 is 2.49 bits per heavy atom. The number of ether oxygens (including phenoxy) is 1. The molecule has 1 atom stereocenters. The fourth-order valence-corrected chi connectivity index (χ4v) is 4.16. The van der Waals surface area contributed by atoms with Gasteiger partial charge in [-0.2, -0.15) is 18.3 Å². The first-order chi connectivity index (χ1) is 16.3. The summed E-state index contributed by atoms with van der Waals surface area (Å²) in [6.45, 7) is 1.22. The summed E-state index contributed by atoms with van der Waals surface area (Å²) < 4.78 is 83.3. The van der Waals surface area contributed by atoms with E-state index >= 15 is 0 Å². The summed E-state index contributed by atoms with van der Waals surface area (Å²) in [5.41, 5.74) is -0.483. The fraction of sp³-hybridized carbons (Fsp3) is 0.304. The highest BCUT2D eigenvalue weighted by molar-refractivity contribution is 7.89. The average molecular weight is 514 g/mol. The van der Waals surface area contributed by atoms with E-state index in [4.69, 9.17) is 4.74 Å². The summed E-state index contributed by atoms with van der Waals surface area (Å²) in [6, 6.07) is 10.9. The number of nitrogens with one attached hydrogen (secondary N) is 1. The Labute approximate surface area is 199 Å². The van der Waals surface area contributed by atoms with Gasteiger partial charge >= 0.3 is 6.18 Å². The van der Waals surface area contributed by atoms with E-state index < -0.39 is 45.1 Å². The maximum absolute atomic E-state index is 14.3. The highest BCUT2D eigenvalue weighted by Gasteiger charge is 2.35. The topological polar surface area (TPSA) is 90.3 Å². The molecule has 1 unspecified atom stereocenters. The lowest BCUT2D eigenvalue weighted by Crippen LogP contribution is -2.28. The number of carbonyl (C=O) groups is 1. The van der Waals surface area contributed by atoms with Gasteiger partial charge in [0, 0.05) is 17.9 Å². The number of alkyl halides is 3. The van der Waals surface area contributed by atoms with Crippen molar-refractivity contribution in [1.82, 2.24) is 15.1 Å². The zero-order valence-corrected chi connectivity index (χ0v) is 19.9. The average Bonchev–Trinajstić information content (AvgIpc) is 3.22. The second kappa shape index (κ2) is 10.1. The second-order valence-electron chi connectivity index (χ2n) is 7.99. The fourth-order valence-electron chi connectivity index (χ4n) is 3.36. The molecule has 1 N–H and O–H groups in total. The van der Waals surface area contributed by atoms with Gasteiger partial charge in [-0.3, -0.25) is 4.79 Å². The number of carbonyl (C=O) groups excluding carboxylic acids is 1. The SMILES string of the molecule is COc1cccc(-n2nc(C(F)(F)F)cc2CNC(=O)C(C)c2ccc(CS(C)(=O)=O)c(F)c2)c1. The van der Waals surface area contributed by atoms with Gasteiger partial charge in [0.2, 0.25) is 5.91 Å². The summed E-state index contributed by atoms with van der Waals surface area (Å²) in [5.74, 6) is -2.25. The van der Waals surface area contributed by atoms with Crippen LogP contribution in [0.4, 0.5) is 17.6 Å². The second-order valence-corrected chi connectivity index (χ2v) is 10.1. The first-order valence-corrected chi connectivity index (χ1v) is 12.4. The van der Waals surface area contributed by atoms with E-state index in [1.165, 1.54) is 32.2 Å². The Morgan fingerprint density at radius 2 is 1.89 bits per heavy atom. The Bertz CT molecular complexity index is 1340. The predicted molar refractivity (Wildman–Crippen MR) is 120 cm³/mol. The number of benzene rings is 2. The van der Waals surface area contributed by atoms with Crippen LogP contribution in [0.2, 0.25) is 0 Å². The van der Waals surface area contributed by atoms with Crippen molar-refractivity contribution in [2.24, 2.45) is 0 Å². The first-order valence-electron chi connectivity index (χ1n) is 10.3. The van der Waals surface area contributed by atoms with Gasteiger partial charge in [0.25, 0.3) is 0 Å². The number of hydrogen-bond acceptors (Lipinski definition) is 5. The molecule has 1 amide bonds. The summed E-state index contributed by atoms with van der Waals surface area (Å²) in [6.07, 6.45) is -3.71. The lowest BCUT2D eigenvalue weighted by atomic mass is 9.99. The van der Waals surface area contributed by atoms with Crippen molar-refractivity contribution in [1.29, 1.82) is 0 Å². The summed E-state index contributed by atoms with van der Waals surface area (Å²) in [7, 11) is -2.02. The van der Waals surface area contributed by atoms with Crippen molar-refractivity contribution in [2.75, 3.05) is 13.4 Å². The van der Waals surface area contributed by atoms with Crippen LogP contribution in [-0.2, 0) is 33.1 Å². The van der Waals surface area contributed by atoms with Crippen molar-refractivity contribution >= 4 is 15.7 Å². The molecule has 1 heterocycles. The zero-order chi connectivity index (χ0) is 26.0. The molecule has 3 rings (SSSR count). The van der Waals surface area contributed by atoms with Crippen LogP contribution in [0.15, 0.2) is 48.5 Å². The van der Waals surface area contributed by atoms with Crippen molar-refractivity contribution < 1.29 is 35.5 Å². The van der Waals surface area contributed by atoms with Crippen LogP contribution >= 0.6 is 0 Å². The Hall–Kier alpha value is -3.41. The van der Waals surface area contributed by atoms with Gasteiger partial charge in [0.15, 0.2) is 15.5 Å². The quantitative estimate of drug-likeness (QED) is 0.460. The molecule has 35 heavy (non-hydrogen) atoms. The van der Waals surface area contributed by atoms with E-state index in [1.807, 2.05) is 0 Å². The molecule has 0 saturated carbocycles. The lowest BCUT2D eigenvalue weighted by molar-refractivity contribution is -0.141. The van der Waals surface area contributed by atoms with Gasteiger partial charge in [-0.15, -0.1) is 0 Å².